The second kappa shape index (κ2) is 9.64. The highest BCUT2D eigenvalue weighted by molar-refractivity contribution is 8.00. The van der Waals surface area contributed by atoms with E-state index in [1.165, 1.54) is 0 Å². The van der Waals surface area contributed by atoms with Crippen LogP contribution in [0.4, 0.5) is 4.79 Å². The molecule has 10 heteroatoms. The largest absolute Gasteiger partial charge is 0.494 e. The smallest absolute Gasteiger partial charge is 0.318 e. The first-order valence-corrected chi connectivity index (χ1v) is 10.4. The second-order valence-corrected chi connectivity index (χ2v) is 7.88. The predicted molar refractivity (Wildman–Crippen MR) is 116 cm³/mol. The standard InChI is InChI=1S/C20H20ClN5O3S/c1-3-29-14-10-8-13(9-11-14)26-17(15-6-4-5-7-16(15)21)24-25-20(26)30-12(2)18(27)23-19(22)28/h4-12H,3H2,1-2H3,(H3,22,23,27,28)/t12-/m1/s1. The van der Waals surface area contributed by atoms with E-state index in [9.17, 15) is 9.59 Å². The number of hydrogen-bond donors (Lipinski definition) is 2. The van der Waals surface area contributed by atoms with Gasteiger partial charge >= 0.3 is 6.03 Å². The van der Waals surface area contributed by atoms with Crippen LogP contribution < -0.4 is 15.8 Å². The van der Waals surface area contributed by atoms with Gasteiger partial charge in [-0.1, -0.05) is 35.5 Å². The molecule has 0 radical (unpaired) electrons. The molecule has 1 aromatic heterocycles. The second-order valence-electron chi connectivity index (χ2n) is 6.16. The van der Waals surface area contributed by atoms with Crippen LogP contribution in [0.5, 0.6) is 5.75 Å². The van der Waals surface area contributed by atoms with Gasteiger partial charge in [0.1, 0.15) is 5.75 Å². The third kappa shape index (κ3) is 4.92. The Morgan fingerprint density at radius 3 is 2.53 bits per heavy atom. The van der Waals surface area contributed by atoms with Crippen LogP contribution in [-0.4, -0.2) is 38.6 Å². The first-order chi connectivity index (χ1) is 14.4. The molecule has 0 aliphatic rings. The van der Waals surface area contributed by atoms with E-state index in [0.717, 1.165) is 23.2 Å². The molecule has 0 aliphatic heterocycles. The third-order valence-corrected chi connectivity index (χ3v) is 5.42. The fraction of sp³-hybridized carbons (Fsp3) is 0.200. The molecule has 0 aliphatic carbocycles. The molecule has 0 spiro atoms. The molecule has 8 nitrogen and oxygen atoms in total. The number of rotatable bonds is 7. The van der Waals surface area contributed by atoms with Crippen LogP contribution in [-0.2, 0) is 4.79 Å². The molecule has 3 N–H and O–H groups in total. The van der Waals surface area contributed by atoms with Crippen molar-refractivity contribution in [3.8, 4) is 22.8 Å². The lowest BCUT2D eigenvalue weighted by molar-refractivity contribution is -0.119. The van der Waals surface area contributed by atoms with E-state index in [0.29, 0.717) is 28.2 Å². The number of aromatic nitrogens is 3. The lowest BCUT2D eigenvalue weighted by Gasteiger charge is -2.14. The van der Waals surface area contributed by atoms with Gasteiger partial charge in [-0.2, -0.15) is 0 Å². The first kappa shape index (κ1) is 21.7. The number of urea groups is 1. The molecular weight excluding hydrogens is 426 g/mol. The summed E-state index contributed by atoms with van der Waals surface area (Å²) in [5.41, 5.74) is 6.50. The first-order valence-electron chi connectivity index (χ1n) is 9.11. The van der Waals surface area contributed by atoms with Gasteiger partial charge in [-0.3, -0.25) is 14.7 Å². The summed E-state index contributed by atoms with van der Waals surface area (Å²) in [6, 6.07) is 13.8. The van der Waals surface area contributed by atoms with Crippen LogP contribution in [0.2, 0.25) is 5.02 Å². The zero-order valence-electron chi connectivity index (χ0n) is 16.3. The third-order valence-electron chi connectivity index (χ3n) is 4.05. The predicted octanol–water partition coefficient (Wildman–Crippen LogP) is 3.66. The van der Waals surface area contributed by atoms with Crippen LogP contribution in [0, 0.1) is 0 Å². The number of hydrogen-bond acceptors (Lipinski definition) is 6. The minimum absolute atomic E-state index is 0.459. The number of nitrogens with two attached hydrogens (primary N) is 1. The summed E-state index contributed by atoms with van der Waals surface area (Å²) >= 11 is 7.53. The Balaban J connectivity index is 2.04. The maximum atomic E-state index is 12.1. The molecule has 3 amide bonds. The van der Waals surface area contributed by atoms with Crippen LogP contribution >= 0.6 is 23.4 Å². The number of carbonyl (C=O) groups excluding carboxylic acids is 2. The molecule has 0 bridgehead atoms. The zero-order chi connectivity index (χ0) is 21.7. The van der Waals surface area contributed by atoms with E-state index in [-0.39, 0.29) is 0 Å². The number of primary amides is 1. The Morgan fingerprint density at radius 1 is 1.20 bits per heavy atom. The van der Waals surface area contributed by atoms with E-state index in [1.807, 2.05) is 49.4 Å². The van der Waals surface area contributed by atoms with Gasteiger partial charge in [0.15, 0.2) is 11.0 Å². The van der Waals surface area contributed by atoms with Gasteiger partial charge in [0.2, 0.25) is 5.91 Å². The summed E-state index contributed by atoms with van der Waals surface area (Å²) < 4.78 is 7.31. The maximum Gasteiger partial charge on any atom is 0.318 e. The summed E-state index contributed by atoms with van der Waals surface area (Å²) in [6.45, 7) is 4.12. The van der Waals surface area contributed by atoms with Gasteiger partial charge in [-0.05, 0) is 50.2 Å². The van der Waals surface area contributed by atoms with Crippen molar-refractivity contribution in [3.05, 3.63) is 53.6 Å². The molecule has 3 aromatic rings. The van der Waals surface area contributed by atoms with Gasteiger partial charge in [-0.25, -0.2) is 4.79 Å². The van der Waals surface area contributed by atoms with Crippen molar-refractivity contribution in [2.24, 2.45) is 5.73 Å². The van der Waals surface area contributed by atoms with E-state index in [4.69, 9.17) is 22.1 Å². The van der Waals surface area contributed by atoms with Crippen molar-refractivity contribution in [2.45, 2.75) is 24.3 Å². The van der Waals surface area contributed by atoms with Gasteiger partial charge in [0, 0.05) is 11.3 Å². The highest BCUT2D eigenvalue weighted by atomic mass is 35.5. The van der Waals surface area contributed by atoms with E-state index >= 15 is 0 Å². The number of nitrogens with one attached hydrogen (secondary N) is 1. The average Bonchev–Trinajstić information content (AvgIpc) is 3.12. The van der Waals surface area contributed by atoms with Crippen molar-refractivity contribution in [1.29, 1.82) is 0 Å². The van der Waals surface area contributed by atoms with Gasteiger partial charge in [0.05, 0.1) is 16.9 Å². The average molecular weight is 446 g/mol. The van der Waals surface area contributed by atoms with Gasteiger partial charge in [0.25, 0.3) is 0 Å². The molecule has 0 saturated heterocycles. The number of nitrogens with zero attached hydrogens (tertiary/aromatic N) is 3. The summed E-state index contributed by atoms with van der Waals surface area (Å²) in [4.78, 5) is 23.1. The molecule has 3 rings (SSSR count). The number of carbonyl (C=O) groups is 2. The van der Waals surface area contributed by atoms with Crippen molar-refractivity contribution in [1.82, 2.24) is 20.1 Å². The highest BCUT2D eigenvalue weighted by Gasteiger charge is 2.23. The van der Waals surface area contributed by atoms with E-state index in [2.05, 4.69) is 15.5 Å². The summed E-state index contributed by atoms with van der Waals surface area (Å²) in [6.07, 6.45) is 0. The van der Waals surface area contributed by atoms with Gasteiger partial charge < -0.3 is 10.5 Å². The Kier molecular flexibility index (Phi) is 6.96. The molecule has 2 aromatic carbocycles. The number of imide groups is 1. The number of thioether (sulfide) groups is 1. The Bertz CT molecular complexity index is 1050. The van der Waals surface area contributed by atoms with E-state index < -0.39 is 17.2 Å². The molecule has 0 saturated carbocycles. The zero-order valence-corrected chi connectivity index (χ0v) is 17.9. The SMILES string of the molecule is CCOc1ccc(-n2c(S[C@H](C)C(=O)NC(N)=O)nnc2-c2ccccc2Cl)cc1. The maximum absolute atomic E-state index is 12.1. The van der Waals surface area contributed by atoms with Crippen molar-refractivity contribution >= 4 is 35.3 Å². The Morgan fingerprint density at radius 2 is 1.90 bits per heavy atom. The molecule has 156 valence electrons. The molecule has 1 atom stereocenters. The lowest BCUT2D eigenvalue weighted by Crippen LogP contribution is -2.39. The number of ether oxygens (including phenoxy) is 1. The molecule has 30 heavy (non-hydrogen) atoms. The minimum atomic E-state index is -0.905. The van der Waals surface area contributed by atoms with E-state index in [1.54, 1.807) is 17.6 Å². The molecule has 1 heterocycles. The van der Waals surface area contributed by atoms with Crippen molar-refractivity contribution in [3.63, 3.8) is 0 Å². The van der Waals surface area contributed by atoms with Crippen LogP contribution in [0.25, 0.3) is 17.1 Å². The molecule has 0 fully saturated rings. The van der Waals surface area contributed by atoms with Crippen LogP contribution in [0.1, 0.15) is 13.8 Å². The number of amides is 3. The topological polar surface area (TPSA) is 112 Å². The normalized spacial score (nSPS) is 11.7. The summed E-state index contributed by atoms with van der Waals surface area (Å²) in [5, 5.41) is 11.0. The highest BCUT2D eigenvalue weighted by Crippen LogP contribution is 2.33. The van der Waals surface area contributed by atoms with Crippen LogP contribution in [0.3, 0.4) is 0 Å². The summed E-state index contributed by atoms with van der Waals surface area (Å²) in [5.74, 6) is 0.736. The summed E-state index contributed by atoms with van der Waals surface area (Å²) in [7, 11) is 0. The van der Waals surface area contributed by atoms with Crippen LogP contribution in [0.15, 0.2) is 53.7 Å². The van der Waals surface area contributed by atoms with Crippen molar-refractivity contribution < 1.29 is 14.3 Å². The Hall–Kier alpha value is -3.04. The fourth-order valence-electron chi connectivity index (χ4n) is 2.69. The molecular formula is C20H20ClN5O3S. The van der Waals surface area contributed by atoms with Crippen molar-refractivity contribution in [2.75, 3.05) is 6.61 Å². The fourth-order valence-corrected chi connectivity index (χ4v) is 3.78. The number of halogens is 1. The lowest BCUT2D eigenvalue weighted by atomic mass is 10.2. The monoisotopic (exact) mass is 445 g/mol. The van der Waals surface area contributed by atoms with Gasteiger partial charge in [-0.15, -0.1) is 10.2 Å². The quantitative estimate of drug-likeness (QED) is 0.536. The molecule has 0 unspecified atom stereocenters. The minimum Gasteiger partial charge on any atom is -0.494 e. The number of benzene rings is 2. The Labute approximate surface area is 182 Å².